The number of nitrogens with zero attached hydrogens (tertiary/aromatic N) is 2. The summed E-state index contributed by atoms with van der Waals surface area (Å²) in [6.07, 6.45) is 5.13. The molecule has 0 bridgehead atoms. The van der Waals surface area contributed by atoms with Crippen molar-refractivity contribution in [3.05, 3.63) is 71.9 Å². The number of likely N-dealkylation sites (tertiary alicyclic amines) is 1. The highest BCUT2D eigenvalue weighted by Crippen LogP contribution is 2.32. The number of oxazole rings is 1. The van der Waals surface area contributed by atoms with Crippen LogP contribution in [0.4, 0.5) is 0 Å². The van der Waals surface area contributed by atoms with Gasteiger partial charge in [0.1, 0.15) is 29.1 Å². The van der Waals surface area contributed by atoms with Gasteiger partial charge in [0.25, 0.3) is 5.91 Å². The number of methoxy groups -OCH3 is 2. The first-order valence-electron chi connectivity index (χ1n) is 10.8. The molecule has 0 radical (unpaired) electrons. The van der Waals surface area contributed by atoms with E-state index >= 15 is 0 Å². The van der Waals surface area contributed by atoms with E-state index < -0.39 is 0 Å². The number of aromatic nitrogens is 1. The number of carbonyl (C=O) groups excluding carboxylic acids is 1. The summed E-state index contributed by atoms with van der Waals surface area (Å²) >= 11 is 0. The second-order valence-corrected chi connectivity index (χ2v) is 7.72. The average Bonchev–Trinajstić information content (AvgIpc) is 3.31. The molecule has 1 unspecified atom stereocenters. The third-order valence-electron chi connectivity index (χ3n) is 5.66. The molecule has 2 heterocycles. The van der Waals surface area contributed by atoms with Crippen LogP contribution in [0.5, 0.6) is 17.2 Å². The lowest BCUT2D eigenvalue weighted by Crippen LogP contribution is -2.41. The Morgan fingerprint density at radius 2 is 1.84 bits per heavy atom. The van der Waals surface area contributed by atoms with Gasteiger partial charge >= 0.3 is 0 Å². The summed E-state index contributed by atoms with van der Waals surface area (Å²) in [4.78, 5) is 19.3. The van der Waals surface area contributed by atoms with E-state index in [1.54, 1.807) is 44.7 Å². The largest absolute Gasteiger partial charge is 0.497 e. The number of amides is 1. The van der Waals surface area contributed by atoms with Crippen LogP contribution < -0.4 is 14.2 Å². The average molecular weight is 437 g/mol. The molecule has 3 aromatic rings. The molecule has 1 aliphatic rings. The van der Waals surface area contributed by atoms with Crippen LogP contribution in [0.25, 0.3) is 0 Å². The van der Waals surface area contributed by atoms with E-state index in [-0.39, 0.29) is 18.6 Å². The maximum Gasteiger partial charge on any atom is 0.261 e. The first-order chi connectivity index (χ1) is 15.7. The SMILES string of the molecule is COc1ccc(OCC(=O)N2CCCCC2c2ncc(Cc3ccccc3OC)o2)cc1. The minimum Gasteiger partial charge on any atom is -0.497 e. The first-order valence-corrected chi connectivity index (χ1v) is 10.8. The van der Waals surface area contributed by atoms with Crippen LogP contribution in [0.15, 0.2) is 59.1 Å². The minimum atomic E-state index is -0.179. The molecule has 1 aliphatic heterocycles. The second-order valence-electron chi connectivity index (χ2n) is 7.72. The van der Waals surface area contributed by atoms with Crippen molar-refractivity contribution in [2.75, 3.05) is 27.4 Å². The summed E-state index contributed by atoms with van der Waals surface area (Å²) in [6, 6.07) is 14.9. The van der Waals surface area contributed by atoms with Crippen LogP contribution in [0.3, 0.4) is 0 Å². The molecule has 1 aromatic heterocycles. The highest BCUT2D eigenvalue weighted by atomic mass is 16.5. The standard InChI is InChI=1S/C25H28N2O5/c1-29-19-10-12-20(13-11-19)31-17-24(28)27-14-6-5-8-22(27)25-26-16-21(32-25)15-18-7-3-4-9-23(18)30-2/h3-4,7,9-13,16,22H,5-6,8,14-15,17H2,1-2H3. The number of rotatable bonds is 8. The zero-order chi connectivity index (χ0) is 22.3. The number of hydrogen-bond donors (Lipinski definition) is 0. The second kappa shape index (κ2) is 10.2. The fourth-order valence-corrected chi connectivity index (χ4v) is 3.98. The van der Waals surface area contributed by atoms with Gasteiger partial charge in [0.2, 0.25) is 5.89 Å². The van der Waals surface area contributed by atoms with Crippen molar-refractivity contribution in [2.24, 2.45) is 0 Å². The van der Waals surface area contributed by atoms with E-state index in [0.717, 1.165) is 42.1 Å². The van der Waals surface area contributed by atoms with Gasteiger partial charge in [-0.25, -0.2) is 4.98 Å². The fourth-order valence-electron chi connectivity index (χ4n) is 3.98. The Hall–Kier alpha value is -3.48. The molecule has 0 aliphatic carbocycles. The van der Waals surface area contributed by atoms with E-state index in [9.17, 15) is 4.79 Å². The molecular weight excluding hydrogens is 408 g/mol. The first kappa shape index (κ1) is 21.7. The van der Waals surface area contributed by atoms with Gasteiger partial charge in [0.15, 0.2) is 6.61 Å². The number of hydrogen-bond acceptors (Lipinski definition) is 6. The van der Waals surface area contributed by atoms with Crippen molar-refractivity contribution in [3.8, 4) is 17.2 Å². The molecule has 0 saturated carbocycles. The maximum atomic E-state index is 12.9. The third-order valence-corrected chi connectivity index (χ3v) is 5.66. The number of para-hydroxylation sites is 1. The molecule has 7 heteroatoms. The Balaban J connectivity index is 1.42. The lowest BCUT2D eigenvalue weighted by Gasteiger charge is -2.33. The van der Waals surface area contributed by atoms with Crippen molar-refractivity contribution in [1.29, 1.82) is 0 Å². The summed E-state index contributed by atoms with van der Waals surface area (Å²) in [6.45, 7) is 0.636. The Morgan fingerprint density at radius 1 is 1.06 bits per heavy atom. The van der Waals surface area contributed by atoms with E-state index in [0.29, 0.717) is 24.6 Å². The number of benzene rings is 2. The quantitative estimate of drug-likeness (QED) is 0.521. The van der Waals surface area contributed by atoms with Crippen molar-refractivity contribution in [2.45, 2.75) is 31.7 Å². The summed E-state index contributed by atoms with van der Waals surface area (Å²) in [5.74, 6) is 3.44. The van der Waals surface area contributed by atoms with E-state index in [4.69, 9.17) is 18.6 Å². The molecule has 0 spiro atoms. The van der Waals surface area contributed by atoms with Gasteiger partial charge in [-0.3, -0.25) is 4.79 Å². The molecule has 1 fully saturated rings. The zero-order valence-corrected chi connectivity index (χ0v) is 18.5. The van der Waals surface area contributed by atoms with Crippen LogP contribution >= 0.6 is 0 Å². The maximum absolute atomic E-state index is 12.9. The number of ether oxygens (including phenoxy) is 3. The van der Waals surface area contributed by atoms with Crippen LogP contribution in [-0.4, -0.2) is 43.2 Å². The molecule has 2 aromatic carbocycles. The highest BCUT2D eigenvalue weighted by molar-refractivity contribution is 5.78. The summed E-state index contributed by atoms with van der Waals surface area (Å²) in [5, 5.41) is 0. The van der Waals surface area contributed by atoms with Crippen LogP contribution in [0.1, 0.15) is 42.5 Å². The lowest BCUT2D eigenvalue weighted by atomic mass is 10.0. The smallest absolute Gasteiger partial charge is 0.261 e. The molecule has 1 atom stereocenters. The molecule has 7 nitrogen and oxygen atoms in total. The topological polar surface area (TPSA) is 74.0 Å². The van der Waals surface area contributed by atoms with E-state index in [1.165, 1.54) is 0 Å². The lowest BCUT2D eigenvalue weighted by molar-refractivity contribution is -0.137. The van der Waals surface area contributed by atoms with Gasteiger partial charge in [-0.2, -0.15) is 0 Å². The molecule has 4 rings (SSSR count). The van der Waals surface area contributed by atoms with Crippen molar-refractivity contribution < 1.29 is 23.4 Å². The summed E-state index contributed by atoms with van der Waals surface area (Å²) in [5.41, 5.74) is 1.03. The molecule has 32 heavy (non-hydrogen) atoms. The normalized spacial score (nSPS) is 15.9. The van der Waals surface area contributed by atoms with Gasteiger partial charge in [-0.15, -0.1) is 0 Å². The van der Waals surface area contributed by atoms with Crippen molar-refractivity contribution >= 4 is 5.91 Å². The van der Waals surface area contributed by atoms with Gasteiger partial charge < -0.3 is 23.5 Å². The van der Waals surface area contributed by atoms with E-state index in [1.807, 2.05) is 29.2 Å². The Bertz CT molecular complexity index is 1030. The van der Waals surface area contributed by atoms with Crippen LogP contribution in [0.2, 0.25) is 0 Å². The van der Waals surface area contributed by atoms with Gasteiger partial charge in [-0.1, -0.05) is 18.2 Å². The van der Waals surface area contributed by atoms with Crippen molar-refractivity contribution in [3.63, 3.8) is 0 Å². The third kappa shape index (κ3) is 5.04. The van der Waals surface area contributed by atoms with Crippen molar-refractivity contribution in [1.82, 2.24) is 9.88 Å². The minimum absolute atomic E-state index is 0.0302. The summed E-state index contributed by atoms with van der Waals surface area (Å²) in [7, 11) is 3.27. The van der Waals surface area contributed by atoms with Crippen LogP contribution in [0, 0.1) is 0 Å². The monoisotopic (exact) mass is 436 g/mol. The molecule has 168 valence electrons. The Morgan fingerprint density at radius 3 is 2.62 bits per heavy atom. The predicted molar refractivity (Wildman–Crippen MR) is 119 cm³/mol. The molecule has 1 amide bonds. The van der Waals surface area contributed by atoms with Gasteiger partial charge in [0, 0.05) is 18.5 Å². The number of carbonyl (C=O) groups is 1. The molecular formula is C25H28N2O5. The van der Waals surface area contributed by atoms with Gasteiger partial charge in [-0.05, 0) is 49.6 Å². The fraction of sp³-hybridized carbons (Fsp3) is 0.360. The molecule has 0 N–H and O–H groups in total. The zero-order valence-electron chi connectivity index (χ0n) is 18.5. The number of piperidine rings is 1. The summed E-state index contributed by atoms with van der Waals surface area (Å²) < 4.78 is 22.4. The molecule has 1 saturated heterocycles. The Kier molecular flexibility index (Phi) is 6.94. The predicted octanol–water partition coefficient (Wildman–Crippen LogP) is 4.42. The van der Waals surface area contributed by atoms with Crippen LogP contribution in [-0.2, 0) is 11.2 Å². The van der Waals surface area contributed by atoms with E-state index in [2.05, 4.69) is 4.98 Å². The Labute approximate surface area is 187 Å². The van der Waals surface area contributed by atoms with Gasteiger partial charge in [0.05, 0.1) is 20.4 Å². The highest BCUT2D eigenvalue weighted by Gasteiger charge is 2.31.